The number of rotatable bonds is 5. The third kappa shape index (κ3) is 2.76. The molecule has 0 atom stereocenters. The molecule has 1 fully saturated rings. The summed E-state index contributed by atoms with van der Waals surface area (Å²) in [4.78, 5) is 19.2. The molecule has 0 spiro atoms. The number of pyridine rings is 1. The topological polar surface area (TPSA) is 89.1 Å². The van der Waals surface area contributed by atoms with Crippen molar-refractivity contribution in [3.63, 3.8) is 0 Å². The molecule has 0 saturated heterocycles. The first-order valence-corrected chi connectivity index (χ1v) is 6.86. The smallest absolute Gasteiger partial charge is 0.313 e. The predicted octanol–water partition coefficient (Wildman–Crippen LogP) is 2.19. The maximum absolute atomic E-state index is 10.6. The molecule has 7 heteroatoms. The van der Waals surface area contributed by atoms with E-state index < -0.39 is 5.97 Å². The molecule has 3 rings (SSSR count). The minimum Gasteiger partial charge on any atom is -0.481 e. The van der Waals surface area contributed by atoms with Gasteiger partial charge in [-0.15, -0.1) is 0 Å². The number of aliphatic carboxylic acids is 1. The summed E-state index contributed by atoms with van der Waals surface area (Å²) in [6.45, 7) is 0. The summed E-state index contributed by atoms with van der Waals surface area (Å²) in [5, 5.41) is 13.3. The van der Waals surface area contributed by atoms with Gasteiger partial charge < -0.3 is 9.63 Å². The average molecular weight is 277 g/mol. The van der Waals surface area contributed by atoms with E-state index in [2.05, 4.69) is 15.1 Å². The monoisotopic (exact) mass is 277 g/mol. The Labute approximate surface area is 113 Å². The van der Waals surface area contributed by atoms with E-state index in [-0.39, 0.29) is 5.75 Å². The zero-order valence-corrected chi connectivity index (χ0v) is 10.8. The van der Waals surface area contributed by atoms with Gasteiger partial charge in [0, 0.05) is 12.1 Å². The van der Waals surface area contributed by atoms with Gasteiger partial charge in [0.2, 0.25) is 11.7 Å². The van der Waals surface area contributed by atoms with Gasteiger partial charge in [0.1, 0.15) is 5.03 Å². The van der Waals surface area contributed by atoms with Gasteiger partial charge in [-0.25, -0.2) is 4.98 Å². The molecule has 2 aromatic heterocycles. The van der Waals surface area contributed by atoms with Crippen molar-refractivity contribution in [2.24, 2.45) is 0 Å². The Hall–Kier alpha value is -1.89. The normalized spacial score (nSPS) is 14.5. The maximum atomic E-state index is 10.6. The van der Waals surface area contributed by atoms with Gasteiger partial charge in [0.25, 0.3) is 0 Å². The molecule has 0 aromatic carbocycles. The molecule has 1 N–H and O–H groups in total. The second-order valence-corrected chi connectivity index (χ2v) is 5.23. The number of thioether (sulfide) groups is 1. The van der Waals surface area contributed by atoms with E-state index in [0.29, 0.717) is 28.2 Å². The number of carboxylic acids is 1. The summed E-state index contributed by atoms with van der Waals surface area (Å²) in [6, 6.07) is 3.59. The largest absolute Gasteiger partial charge is 0.481 e. The van der Waals surface area contributed by atoms with Crippen molar-refractivity contribution in [1.29, 1.82) is 0 Å². The second kappa shape index (κ2) is 5.00. The summed E-state index contributed by atoms with van der Waals surface area (Å²) in [5.41, 5.74) is 0.712. The molecule has 98 valence electrons. The Morgan fingerprint density at radius 3 is 3.11 bits per heavy atom. The third-order valence-electron chi connectivity index (χ3n) is 2.71. The van der Waals surface area contributed by atoms with Gasteiger partial charge in [0.15, 0.2) is 0 Å². The van der Waals surface area contributed by atoms with Crippen LogP contribution in [-0.4, -0.2) is 32.0 Å². The summed E-state index contributed by atoms with van der Waals surface area (Å²) in [6.07, 6.45) is 3.81. The molecule has 0 amide bonds. The van der Waals surface area contributed by atoms with E-state index in [4.69, 9.17) is 9.63 Å². The van der Waals surface area contributed by atoms with Crippen LogP contribution in [0.5, 0.6) is 0 Å². The summed E-state index contributed by atoms with van der Waals surface area (Å²) in [7, 11) is 0. The Bertz CT molecular complexity index is 610. The van der Waals surface area contributed by atoms with Crippen LogP contribution in [0.4, 0.5) is 0 Å². The van der Waals surface area contributed by atoms with Crippen LogP contribution in [0.15, 0.2) is 27.9 Å². The van der Waals surface area contributed by atoms with Gasteiger partial charge in [-0.1, -0.05) is 16.9 Å². The fourth-order valence-corrected chi connectivity index (χ4v) is 2.36. The second-order valence-electron chi connectivity index (χ2n) is 4.27. The highest BCUT2D eigenvalue weighted by Gasteiger charge is 2.30. The lowest BCUT2D eigenvalue weighted by Crippen LogP contribution is -1.99. The molecule has 0 aliphatic heterocycles. The number of aromatic nitrogens is 3. The van der Waals surface area contributed by atoms with E-state index in [1.807, 2.05) is 6.07 Å². The molecule has 6 nitrogen and oxygen atoms in total. The van der Waals surface area contributed by atoms with Crippen molar-refractivity contribution in [2.45, 2.75) is 23.8 Å². The van der Waals surface area contributed by atoms with Gasteiger partial charge in [-0.2, -0.15) is 4.98 Å². The van der Waals surface area contributed by atoms with Crippen LogP contribution in [-0.2, 0) is 4.79 Å². The molecule has 1 aliphatic carbocycles. The Balaban J connectivity index is 1.87. The predicted molar refractivity (Wildman–Crippen MR) is 67.9 cm³/mol. The van der Waals surface area contributed by atoms with Crippen LogP contribution in [0.1, 0.15) is 24.7 Å². The third-order valence-corrected chi connectivity index (χ3v) is 3.70. The standard InChI is InChI=1S/C12H11N3O3S/c16-9(17)6-19-12-8(2-1-5-13-12)10-14-11(18-15-10)7-3-4-7/h1-2,5,7H,3-4,6H2,(H,16,17). The molecular weight excluding hydrogens is 266 g/mol. The highest BCUT2D eigenvalue weighted by atomic mass is 32.2. The zero-order valence-electron chi connectivity index (χ0n) is 9.94. The first kappa shape index (κ1) is 12.2. The maximum Gasteiger partial charge on any atom is 0.313 e. The highest BCUT2D eigenvalue weighted by Crippen LogP contribution is 2.40. The van der Waals surface area contributed by atoms with Gasteiger partial charge in [-0.3, -0.25) is 4.79 Å². The van der Waals surface area contributed by atoms with E-state index in [9.17, 15) is 4.79 Å². The van der Waals surface area contributed by atoms with Gasteiger partial charge >= 0.3 is 5.97 Å². The van der Waals surface area contributed by atoms with Crippen LogP contribution < -0.4 is 0 Å². The van der Waals surface area contributed by atoms with Crippen molar-refractivity contribution < 1.29 is 14.4 Å². The lowest BCUT2D eigenvalue weighted by molar-refractivity contribution is -0.133. The molecule has 2 aromatic rings. The van der Waals surface area contributed by atoms with Crippen LogP contribution in [0.3, 0.4) is 0 Å². The lowest BCUT2D eigenvalue weighted by atomic mass is 10.3. The molecule has 1 aliphatic rings. The first-order valence-electron chi connectivity index (χ1n) is 5.87. The van der Waals surface area contributed by atoms with Crippen LogP contribution >= 0.6 is 11.8 Å². The lowest BCUT2D eigenvalue weighted by Gasteiger charge is -2.02. The van der Waals surface area contributed by atoms with E-state index in [1.165, 1.54) is 0 Å². The van der Waals surface area contributed by atoms with Crippen LogP contribution in [0.2, 0.25) is 0 Å². The zero-order chi connectivity index (χ0) is 13.2. The van der Waals surface area contributed by atoms with Crippen molar-refractivity contribution in [1.82, 2.24) is 15.1 Å². The molecular formula is C12H11N3O3S. The molecule has 2 heterocycles. The quantitative estimate of drug-likeness (QED) is 0.838. The van der Waals surface area contributed by atoms with E-state index >= 15 is 0 Å². The van der Waals surface area contributed by atoms with Crippen LogP contribution in [0, 0.1) is 0 Å². The Morgan fingerprint density at radius 2 is 2.37 bits per heavy atom. The average Bonchev–Trinajstić information content (AvgIpc) is 3.15. The van der Waals surface area contributed by atoms with Gasteiger partial charge in [-0.05, 0) is 25.0 Å². The summed E-state index contributed by atoms with van der Waals surface area (Å²) in [5.74, 6) is 0.606. The summed E-state index contributed by atoms with van der Waals surface area (Å²) >= 11 is 1.15. The fourth-order valence-electron chi connectivity index (χ4n) is 1.65. The van der Waals surface area contributed by atoms with E-state index in [1.54, 1.807) is 12.3 Å². The number of carbonyl (C=O) groups is 1. The number of hydrogen-bond donors (Lipinski definition) is 1. The SMILES string of the molecule is O=C(O)CSc1ncccc1-c1noc(C2CC2)n1. The van der Waals surface area contributed by atoms with Crippen molar-refractivity contribution in [3.05, 3.63) is 24.2 Å². The Kier molecular flexibility index (Phi) is 3.20. The summed E-state index contributed by atoms with van der Waals surface area (Å²) < 4.78 is 5.21. The minimum absolute atomic E-state index is 0.0443. The molecule has 0 bridgehead atoms. The van der Waals surface area contributed by atoms with Gasteiger partial charge in [0.05, 0.1) is 11.3 Å². The first-order chi connectivity index (χ1) is 9.24. The van der Waals surface area contributed by atoms with Crippen molar-refractivity contribution in [2.75, 3.05) is 5.75 Å². The van der Waals surface area contributed by atoms with E-state index in [0.717, 1.165) is 24.6 Å². The highest BCUT2D eigenvalue weighted by molar-refractivity contribution is 8.00. The number of nitrogens with zero attached hydrogens (tertiary/aromatic N) is 3. The minimum atomic E-state index is -0.881. The number of carboxylic acid groups (broad SMARTS) is 1. The number of hydrogen-bond acceptors (Lipinski definition) is 6. The Morgan fingerprint density at radius 1 is 1.53 bits per heavy atom. The molecule has 19 heavy (non-hydrogen) atoms. The molecule has 1 saturated carbocycles. The van der Waals surface area contributed by atoms with Crippen LogP contribution in [0.25, 0.3) is 11.4 Å². The molecule has 0 radical (unpaired) electrons. The van der Waals surface area contributed by atoms with Crippen molar-refractivity contribution >= 4 is 17.7 Å². The van der Waals surface area contributed by atoms with Crippen molar-refractivity contribution in [3.8, 4) is 11.4 Å². The fraction of sp³-hybridized carbons (Fsp3) is 0.333. The molecule has 0 unspecified atom stereocenters.